The topological polar surface area (TPSA) is 21.3 Å². The molecule has 0 amide bonds. The van der Waals surface area contributed by atoms with Crippen molar-refractivity contribution in [3.63, 3.8) is 0 Å². The summed E-state index contributed by atoms with van der Waals surface area (Å²) in [6.07, 6.45) is 1.19. The van der Waals surface area contributed by atoms with Crippen LogP contribution in [-0.4, -0.2) is 26.3 Å². The van der Waals surface area contributed by atoms with Crippen LogP contribution in [0.5, 0.6) is 0 Å². The van der Waals surface area contributed by atoms with Crippen LogP contribution in [0.25, 0.3) is 0 Å². The molecule has 86 valence electrons. The minimum Gasteiger partial charge on any atom is -0.383 e. The van der Waals surface area contributed by atoms with Crippen LogP contribution in [0.4, 0.5) is 0 Å². The molecule has 1 N–H and O–H groups in total. The lowest BCUT2D eigenvalue weighted by Crippen LogP contribution is -2.36. The SMILES string of the molecule is CCNC(COC)CC(C)C(C)(C)C. The Hall–Kier alpha value is -0.0800. The first-order chi connectivity index (χ1) is 6.41. The van der Waals surface area contributed by atoms with E-state index in [1.54, 1.807) is 7.11 Å². The second-order valence-electron chi connectivity index (χ2n) is 5.21. The maximum Gasteiger partial charge on any atom is 0.0615 e. The van der Waals surface area contributed by atoms with Gasteiger partial charge in [0.25, 0.3) is 0 Å². The number of rotatable bonds is 6. The van der Waals surface area contributed by atoms with Gasteiger partial charge in [-0.3, -0.25) is 0 Å². The van der Waals surface area contributed by atoms with Crippen molar-refractivity contribution in [2.24, 2.45) is 11.3 Å². The molecule has 0 radical (unpaired) electrons. The molecule has 0 aliphatic carbocycles. The highest BCUT2D eigenvalue weighted by atomic mass is 16.5. The van der Waals surface area contributed by atoms with Gasteiger partial charge in [0.1, 0.15) is 0 Å². The summed E-state index contributed by atoms with van der Waals surface area (Å²) in [5, 5.41) is 3.46. The van der Waals surface area contributed by atoms with Crippen LogP contribution in [0.3, 0.4) is 0 Å². The Kier molecular flexibility index (Phi) is 6.38. The summed E-state index contributed by atoms with van der Waals surface area (Å²) in [5.41, 5.74) is 0.390. The van der Waals surface area contributed by atoms with Gasteiger partial charge in [0, 0.05) is 13.2 Å². The first kappa shape index (κ1) is 13.9. The van der Waals surface area contributed by atoms with Crippen LogP contribution in [0.15, 0.2) is 0 Å². The molecular formula is C12H27NO. The van der Waals surface area contributed by atoms with Crippen molar-refractivity contribution in [3.8, 4) is 0 Å². The number of hydrogen-bond acceptors (Lipinski definition) is 2. The minimum atomic E-state index is 0.390. The highest BCUT2D eigenvalue weighted by Gasteiger charge is 2.23. The molecule has 2 unspecified atom stereocenters. The van der Waals surface area contributed by atoms with Gasteiger partial charge in [-0.05, 0) is 24.3 Å². The summed E-state index contributed by atoms with van der Waals surface area (Å²) in [5.74, 6) is 0.710. The second-order valence-corrected chi connectivity index (χ2v) is 5.21. The van der Waals surface area contributed by atoms with Crippen molar-refractivity contribution in [3.05, 3.63) is 0 Å². The number of methoxy groups -OCH3 is 1. The maximum atomic E-state index is 5.21. The normalized spacial score (nSPS) is 16.7. The van der Waals surface area contributed by atoms with Gasteiger partial charge in [-0.15, -0.1) is 0 Å². The third-order valence-electron chi connectivity index (χ3n) is 2.98. The third-order valence-corrected chi connectivity index (χ3v) is 2.98. The molecule has 0 aromatic carbocycles. The molecular weight excluding hydrogens is 174 g/mol. The molecule has 0 aliphatic rings. The Morgan fingerprint density at radius 1 is 1.29 bits per heavy atom. The number of ether oxygens (including phenoxy) is 1. The maximum absolute atomic E-state index is 5.21. The summed E-state index contributed by atoms with van der Waals surface area (Å²) < 4.78 is 5.21. The van der Waals surface area contributed by atoms with E-state index >= 15 is 0 Å². The predicted octanol–water partition coefficient (Wildman–Crippen LogP) is 2.68. The van der Waals surface area contributed by atoms with Crippen molar-refractivity contribution in [1.29, 1.82) is 0 Å². The van der Waals surface area contributed by atoms with Crippen LogP contribution < -0.4 is 5.32 Å². The number of likely N-dealkylation sites (N-methyl/N-ethyl adjacent to an activating group) is 1. The van der Waals surface area contributed by atoms with Crippen LogP contribution in [0.2, 0.25) is 0 Å². The molecule has 0 rings (SSSR count). The quantitative estimate of drug-likeness (QED) is 0.713. The number of nitrogens with one attached hydrogen (secondary N) is 1. The van der Waals surface area contributed by atoms with Gasteiger partial charge >= 0.3 is 0 Å². The van der Waals surface area contributed by atoms with Gasteiger partial charge in [-0.1, -0.05) is 34.6 Å². The van der Waals surface area contributed by atoms with E-state index in [0.29, 0.717) is 17.4 Å². The van der Waals surface area contributed by atoms with Gasteiger partial charge in [0.15, 0.2) is 0 Å². The lowest BCUT2D eigenvalue weighted by Gasteiger charge is -2.30. The monoisotopic (exact) mass is 201 g/mol. The lowest BCUT2D eigenvalue weighted by atomic mass is 9.78. The van der Waals surface area contributed by atoms with E-state index in [1.807, 2.05) is 0 Å². The standard InChI is InChI=1S/C12H27NO/c1-7-13-11(9-14-6)8-10(2)12(3,4)5/h10-11,13H,7-9H2,1-6H3. The van der Waals surface area contributed by atoms with Crippen molar-refractivity contribution in [2.75, 3.05) is 20.3 Å². The fourth-order valence-corrected chi connectivity index (χ4v) is 1.48. The molecule has 14 heavy (non-hydrogen) atoms. The van der Waals surface area contributed by atoms with Gasteiger partial charge < -0.3 is 10.1 Å². The molecule has 0 fully saturated rings. The zero-order chi connectivity index (χ0) is 11.2. The largest absolute Gasteiger partial charge is 0.383 e. The van der Waals surface area contributed by atoms with E-state index in [9.17, 15) is 0 Å². The fourth-order valence-electron chi connectivity index (χ4n) is 1.48. The predicted molar refractivity (Wildman–Crippen MR) is 62.6 cm³/mol. The Morgan fingerprint density at radius 2 is 1.86 bits per heavy atom. The van der Waals surface area contributed by atoms with E-state index in [0.717, 1.165) is 13.2 Å². The summed E-state index contributed by atoms with van der Waals surface area (Å²) in [6, 6.07) is 0.499. The Labute approximate surface area is 89.4 Å². The smallest absolute Gasteiger partial charge is 0.0615 e. The molecule has 2 nitrogen and oxygen atoms in total. The first-order valence-corrected chi connectivity index (χ1v) is 5.64. The van der Waals surface area contributed by atoms with E-state index in [4.69, 9.17) is 4.74 Å². The fraction of sp³-hybridized carbons (Fsp3) is 1.00. The van der Waals surface area contributed by atoms with Crippen molar-refractivity contribution in [2.45, 2.75) is 47.1 Å². The molecule has 0 aromatic heterocycles. The van der Waals surface area contributed by atoms with Crippen LogP contribution >= 0.6 is 0 Å². The molecule has 0 heterocycles. The summed E-state index contributed by atoms with van der Waals surface area (Å²) >= 11 is 0. The molecule has 0 spiro atoms. The highest BCUT2D eigenvalue weighted by Crippen LogP contribution is 2.28. The average molecular weight is 201 g/mol. The first-order valence-electron chi connectivity index (χ1n) is 5.64. The van der Waals surface area contributed by atoms with Crippen molar-refractivity contribution >= 4 is 0 Å². The molecule has 0 aromatic rings. The van der Waals surface area contributed by atoms with Crippen molar-refractivity contribution in [1.82, 2.24) is 5.32 Å². The molecule has 2 heteroatoms. The van der Waals surface area contributed by atoms with Gasteiger partial charge in [0.2, 0.25) is 0 Å². The Balaban J connectivity index is 4.01. The molecule has 0 saturated heterocycles. The van der Waals surface area contributed by atoms with Crippen LogP contribution in [-0.2, 0) is 4.74 Å². The van der Waals surface area contributed by atoms with Gasteiger partial charge in [-0.2, -0.15) is 0 Å². The summed E-state index contributed by atoms with van der Waals surface area (Å²) in [7, 11) is 1.77. The molecule has 0 saturated carbocycles. The van der Waals surface area contributed by atoms with E-state index in [-0.39, 0.29) is 0 Å². The van der Waals surface area contributed by atoms with E-state index in [1.165, 1.54) is 6.42 Å². The molecule has 0 aliphatic heterocycles. The highest BCUT2D eigenvalue weighted by molar-refractivity contribution is 4.76. The van der Waals surface area contributed by atoms with Crippen LogP contribution in [0.1, 0.15) is 41.0 Å². The molecule has 0 bridgehead atoms. The zero-order valence-corrected chi connectivity index (χ0v) is 10.7. The lowest BCUT2D eigenvalue weighted by molar-refractivity contribution is 0.137. The van der Waals surface area contributed by atoms with Crippen LogP contribution in [0, 0.1) is 11.3 Å². The average Bonchev–Trinajstić information content (AvgIpc) is 2.03. The van der Waals surface area contributed by atoms with Crippen molar-refractivity contribution < 1.29 is 4.74 Å². The second kappa shape index (κ2) is 6.41. The minimum absolute atomic E-state index is 0.390. The summed E-state index contributed by atoms with van der Waals surface area (Å²) in [6.45, 7) is 13.2. The van der Waals surface area contributed by atoms with Gasteiger partial charge in [0.05, 0.1) is 6.61 Å². The Bertz CT molecular complexity index is 134. The van der Waals surface area contributed by atoms with E-state index < -0.39 is 0 Å². The van der Waals surface area contributed by atoms with Gasteiger partial charge in [-0.25, -0.2) is 0 Å². The number of hydrogen-bond donors (Lipinski definition) is 1. The zero-order valence-electron chi connectivity index (χ0n) is 10.7. The Morgan fingerprint density at radius 3 is 2.21 bits per heavy atom. The molecule has 2 atom stereocenters. The van der Waals surface area contributed by atoms with E-state index in [2.05, 4.69) is 39.9 Å². The summed E-state index contributed by atoms with van der Waals surface area (Å²) in [4.78, 5) is 0. The third kappa shape index (κ3) is 5.61.